The van der Waals surface area contributed by atoms with Crippen LogP contribution in [0, 0.1) is 0 Å². The first-order chi connectivity index (χ1) is 12.8. The van der Waals surface area contributed by atoms with Gasteiger partial charge in [0, 0.05) is 24.8 Å². The SMILES string of the molecule is CCCn1c(=O)[nH]c(=O)c2c(C(=O)N3CCCCC3C)cc(C(C)C)nc21. The molecule has 1 aliphatic heterocycles. The van der Waals surface area contributed by atoms with E-state index in [1.165, 1.54) is 4.57 Å². The number of hydrogen-bond acceptors (Lipinski definition) is 4. The van der Waals surface area contributed by atoms with Crippen LogP contribution in [0.15, 0.2) is 15.7 Å². The second-order valence-corrected chi connectivity index (χ2v) is 7.70. The van der Waals surface area contributed by atoms with Crippen molar-refractivity contribution in [2.24, 2.45) is 0 Å². The van der Waals surface area contributed by atoms with Crippen LogP contribution in [0.25, 0.3) is 11.0 Å². The van der Waals surface area contributed by atoms with Gasteiger partial charge >= 0.3 is 5.69 Å². The van der Waals surface area contributed by atoms with Crippen molar-refractivity contribution in [3.8, 4) is 0 Å². The number of rotatable bonds is 4. The smallest absolute Gasteiger partial charge is 0.329 e. The highest BCUT2D eigenvalue weighted by Crippen LogP contribution is 2.24. The molecule has 146 valence electrons. The number of hydrogen-bond donors (Lipinski definition) is 1. The maximum Gasteiger partial charge on any atom is 0.329 e. The molecule has 1 atom stereocenters. The number of likely N-dealkylation sites (tertiary alicyclic amines) is 1. The first-order valence-electron chi connectivity index (χ1n) is 9.83. The number of aromatic nitrogens is 3. The largest absolute Gasteiger partial charge is 0.336 e. The monoisotopic (exact) mass is 372 g/mol. The lowest BCUT2D eigenvalue weighted by Gasteiger charge is -2.33. The summed E-state index contributed by atoms with van der Waals surface area (Å²) in [6.07, 6.45) is 3.76. The number of piperidine rings is 1. The number of fused-ring (bicyclic) bond motifs is 1. The minimum Gasteiger partial charge on any atom is -0.336 e. The summed E-state index contributed by atoms with van der Waals surface area (Å²) in [5.41, 5.74) is 0.351. The number of pyridine rings is 1. The molecule has 1 aliphatic rings. The van der Waals surface area contributed by atoms with E-state index in [2.05, 4.69) is 9.97 Å². The van der Waals surface area contributed by atoms with Crippen LogP contribution in [0.4, 0.5) is 0 Å². The molecule has 2 aromatic rings. The van der Waals surface area contributed by atoms with E-state index in [0.717, 1.165) is 25.7 Å². The molecule has 1 saturated heterocycles. The highest BCUT2D eigenvalue weighted by Gasteiger charge is 2.28. The van der Waals surface area contributed by atoms with E-state index >= 15 is 0 Å². The van der Waals surface area contributed by atoms with Crippen molar-refractivity contribution in [3.05, 3.63) is 38.2 Å². The summed E-state index contributed by atoms with van der Waals surface area (Å²) >= 11 is 0. The van der Waals surface area contributed by atoms with Gasteiger partial charge in [-0.25, -0.2) is 9.78 Å². The molecular weight excluding hydrogens is 344 g/mol. The van der Waals surface area contributed by atoms with Gasteiger partial charge in [0.05, 0.1) is 10.9 Å². The molecule has 1 fully saturated rings. The standard InChI is InChI=1S/C20H28N4O3/c1-5-9-24-17-16(18(25)22-20(24)27)14(11-15(21-17)12(2)3)19(26)23-10-7-6-8-13(23)4/h11-13H,5-10H2,1-4H3,(H,22,25,27). The number of nitrogens with zero attached hydrogens (tertiary/aromatic N) is 3. The Balaban J connectivity index is 2.30. The summed E-state index contributed by atoms with van der Waals surface area (Å²) in [5.74, 6) is -0.0760. The Kier molecular flexibility index (Phi) is 5.48. The molecule has 1 N–H and O–H groups in total. The molecular formula is C20H28N4O3. The summed E-state index contributed by atoms with van der Waals surface area (Å²) in [5, 5.41) is 0.218. The van der Waals surface area contributed by atoms with Crippen molar-refractivity contribution < 1.29 is 4.79 Å². The first kappa shape index (κ1) is 19.3. The lowest BCUT2D eigenvalue weighted by molar-refractivity contribution is 0.0637. The molecule has 7 nitrogen and oxygen atoms in total. The number of amides is 1. The van der Waals surface area contributed by atoms with Gasteiger partial charge in [0.1, 0.15) is 0 Å². The number of aryl methyl sites for hydroxylation is 1. The van der Waals surface area contributed by atoms with E-state index in [0.29, 0.717) is 30.0 Å². The lowest BCUT2D eigenvalue weighted by atomic mass is 10.00. The van der Waals surface area contributed by atoms with E-state index < -0.39 is 11.2 Å². The molecule has 0 aliphatic carbocycles. The summed E-state index contributed by atoms with van der Waals surface area (Å²) < 4.78 is 1.47. The molecule has 0 radical (unpaired) electrons. The molecule has 0 aromatic carbocycles. The topological polar surface area (TPSA) is 88.1 Å². The predicted octanol–water partition coefficient (Wildman–Crippen LogP) is 2.63. The number of H-pyrrole nitrogens is 1. The zero-order valence-electron chi connectivity index (χ0n) is 16.5. The van der Waals surface area contributed by atoms with Crippen LogP contribution in [0.1, 0.15) is 75.3 Å². The summed E-state index contributed by atoms with van der Waals surface area (Å²) in [6, 6.07) is 1.87. The number of carbonyl (C=O) groups is 1. The van der Waals surface area contributed by atoms with Crippen LogP contribution >= 0.6 is 0 Å². The first-order valence-corrected chi connectivity index (χ1v) is 9.83. The van der Waals surface area contributed by atoms with E-state index in [1.807, 2.05) is 32.6 Å². The van der Waals surface area contributed by atoms with E-state index in [1.54, 1.807) is 6.07 Å². The average Bonchev–Trinajstić information content (AvgIpc) is 2.63. The third-order valence-corrected chi connectivity index (χ3v) is 5.30. The number of aromatic amines is 1. The Morgan fingerprint density at radius 1 is 1.33 bits per heavy atom. The van der Waals surface area contributed by atoms with Crippen LogP contribution in [-0.4, -0.2) is 37.9 Å². The zero-order valence-corrected chi connectivity index (χ0v) is 16.5. The molecule has 7 heteroatoms. The Labute approximate surface area is 158 Å². The quantitative estimate of drug-likeness (QED) is 0.894. The van der Waals surface area contributed by atoms with E-state index in [-0.39, 0.29) is 23.3 Å². The lowest BCUT2D eigenvalue weighted by Crippen LogP contribution is -2.43. The molecule has 0 spiro atoms. The Morgan fingerprint density at radius 3 is 2.70 bits per heavy atom. The van der Waals surface area contributed by atoms with Gasteiger partial charge in [-0.05, 0) is 44.6 Å². The fourth-order valence-electron chi connectivity index (χ4n) is 3.74. The summed E-state index contributed by atoms with van der Waals surface area (Å²) in [6.45, 7) is 9.10. The highest BCUT2D eigenvalue weighted by molar-refractivity contribution is 6.05. The molecule has 27 heavy (non-hydrogen) atoms. The molecule has 1 amide bonds. The van der Waals surface area contributed by atoms with Gasteiger partial charge in [-0.15, -0.1) is 0 Å². The van der Waals surface area contributed by atoms with Gasteiger partial charge in [-0.3, -0.25) is 19.1 Å². The van der Waals surface area contributed by atoms with Gasteiger partial charge in [-0.2, -0.15) is 0 Å². The van der Waals surface area contributed by atoms with Crippen molar-refractivity contribution in [2.75, 3.05) is 6.54 Å². The summed E-state index contributed by atoms with van der Waals surface area (Å²) in [4.78, 5) is 47.1. The Bertz CT molecular complexity index is 974. The fraction of sp³-hybridized carbons (Fsp3) is 0.600. The van der Waals surface area contributed by atoms with Crippen molar-refractivity contribution in [1.82, 2.24) is 19.4 Å². The third kappa shape index (κ3) is 3.55. The normalized spacial score (nSPS) is 17.7. The maximum absolute atomic E-state index is 13.4. The van der Waals surface area contributed by atoms with E-state index in [4.69, 9.17) is 0 Å². The highest BCUT2D eigenvalue weighted by atomic mass is 16.2. The average molecular weight is 372 g/mol. The second-order valence-electron chi connectivity index (χ2n) is 7.70. The zero-order chi connectivity index (χ0) is 19.7. The Morgan fingerprint density at radius 2 is 2.07 bits per heavy atom. The minimum absolute atomic E-state index is 0.0733. The maximum atomic E-state index is 13.4. The second kappa shape index (κ2) is 7.66. The summed E-state index contributed by atoms with van der Waals surface area (Å²) in [7, 11) is 0. The Hall–Kier alpha value is -2.44. The van der Waals surface area contributed by atoms with Gasteiger partial charge in [0.2, 0.25) is 0 Å². The third-order valence-electron chi connectivity index (χ3n) is 5.30. The van der Waals surface area contributed by atoms with Crippen LogP contribution in [0.5, 0.6) is 0 Å². The van der Waals surface area contributed by atoms with Crippen LogP contribution < -0.4 is 11.2 Å². The number of carbonyl (C=O) groups excluding carboxylic acids is 1. The molecule has 1 unspecified atom stereocenters. The minimum atomic E-state index is -0.543. The van der Waals surface area contributed by atoms with Gasteiger partial charge < -0.3 is 4.90 Å². The van der Waals surface area contributed by atoms with Crippen LogP contribution in [0.3, 0.4) is 0 Å². The van der Waals surface area contributed by atoms with Crippen LogP contribution in [-0.2, 0) is 6.54 Å². The fourth-order valence-corrected chi connectivity index (χ4v) is 3.74. The van der Waals surface area contributed by atoms with Crippen molar-refractivity contribution >= 4 is 16.9 Å². The number of nitrogens with one attached hydrogen (secondary N) is 1. The van der Waals surface area contributed by atoms with E-state index in [9.17, 15) is 14.4 Å². The van der Waals surface area contributed by atoms with Gasteiger partial charge in [0.15, 0.2) is 5.65 Å². The molecule has 3 heterocycles. The van der Waals surface area contributed by atoms with Crippen LogP contribution in [0.2, 0.25) is 0 Å². The molecule has 2 aromatic heterocycles. The van der Waals surface area contributed by atoms with Gasteiger partial charge in [-0.1, -0.05) is 20.8 Å². The predicted molar refractivity (Wildman–Crippen MR) is 105 cm³/mol. The van der Waals surface area contributed by atoms with Crippen molar-refractivity contribution in [2.45, 2.75) is 71.9 Å². The molecule has 0 saturated carbocycles. The van der Waals surface area contributed by atoms with Crippen molar-refractivity contribution in [1.29, 1.82) is 0 Å². The van der Waals surface area contributed by atoms with Crippen molar-refractivity contribution in [3.63, 3.8) is 0 Å². The molecule has 0 bridgehead atoms. The molecule has 3 rings (SSSR count). The van der Waals surface area contributed by atoms with Gasteiger partial charge in [0.25, 0.3) is 11.5 Å².